The molecule has 5 nitrogen and oxygen atoms in total. The van der Waals surface area contributed by atoms with Crippen LogP contribution in [-0.4, -0.2) is 17.4 Å². The second-order valence-corrected chi connectivity index (χ2v) is 4.09. The Labute approximate surface area is 88.0 Å². The van der Waals surface area contributed by atoms with E-state index >= 15 is 0 Å². The molecule has 1 heterocycles. The van der Waals surface area contributed by atoms with Crippen molar-refractivity contribution in [3.05, 3.63) is 12.0 Å². The molecule has 0 saturated heterocycles. The predicted molar refractivity (Wildman–Crippen MR) is 55.2 cm³/mol. The van der Waals surface area contributed by atoms with Crippen LogP contribution in [-0.2, 0) is 4.79 Å². The maximum absolute atomic E-state index is 11.9. The fraction of sp³-hybridized carbons (Fsp3) is 0.600. The number of anilines is 1. The molecule has 1 aromatic heterocycles. The topological polar surface area (TPSA) is 81.2 Å². The second kappa shape index (κ2) is 3.66. The van der Waals surface area contributed by atoms with Gasteiger partial charge in [-0.1, -0.05) is 6.42 Å². The van der Waals surface area contributed by atoms with Gasteiger partial charge in [-0.2, -0.15) is 4.98 Å². The molecule has 0 spiro atoms. The number of carbonyl (C=O) groups is 1. The molecule has 1 amide bonds. The number of nitrogens with two attached hydrogens (primary N) is 1. The summed E-state index contributed by atoms with van der Waals surface area (Å²) in [5, 5.41) is 2.66. The van der Waals surface area contributed by atoms with Crippen LogP contribution in [0.25, 0.3) is 0 Å². The van der Waals surface area contributed by atoms with Gasteiger partial charge in [0, 0.05) is 6.54 Å². The zero-order chi connectivity index (χ0) is 10.9. The molecule has 1 aromatic rings. The molecule has 1 aliphatic rings. The van der Waals surface area contributed by atoms with E-state index in [0.29, 0.717) is 6.54 Å². The molecule has 3 N–H and O–H groups in total. The van der Waals surface area contributed by atoms with E-state index in [1.165, 1.54) is 6.26 Å². The Bertz CT molecular complexity index is 363. The standard InChI is InChI=1S/C10H15N3O2/c1-7-5-15-9(12-7)13-8(14)10(6-11)3-2-4-10/h5H,2-4,6,11H2,1H3,(H,12,13,14). The molecule has 0 unspecified atom stereocenters. The Hall–Kier alpha value is -1.36. The van der Waals surface area contributed by atoms with Gasteiger partial charge in [-0.05, 0) is 19.8 Å². The van der Waals surface area contributed by atoms with E-state index in [1.807, 2.05) is 0 Å². The lowest BCUT2D eigenvalue weighted by Crippen LogP contribution is -2.47. The van der Waals surface area contributed by atoms with E-state index < -0.39 is 0 Å². The summed E-state index contributed by atoms with van der Waals surface area (Å²) in [5.41, 5.74) is 5.98. The van der Waals surface area contributed by atoms with E-state index in [0.717, 1.165) is 25.0 Å². The third-order valence-corrected chi connectivity index (χ3v) is 3.02. The lowest BCUT2D eigenvalue weighted by atomic mass is 9.68. The Balaban J connectivity index is 2.03. The van der Waals surface area contributed by atoms with Crippen molar-refractivity contribution >= 4 is 11.9 Å². The Kier molecular flexibility index (Phi) is 2.48. The average Bonchev–Trinajstić information content (AvgIpc) is 2.50. The fourth-order valence-corrected chi connectivity index (χ4v) is 1.77. The van der Waals surface area contributed by atoms with Gasteiger partial charge in [-0.15, -0.1) is 0 Å². The van der Waals surface area contributed by atoms with Crippen LogP contribution in [0.15, 0.2) is 10.7 Å². The summed E-state index contributed by atoms with van der Waals surface area (Å²) in [6, 6.07) is 0.261. The van der Waals surface area contributed by atoms with Gasteiger partial charge in [-0.3, -0.25) is 10.1 Å². The predicted octanol–water partition coefficient (Wildman–Crippen LogP) is 1.05. The van der Waals surface area contributed by atoms with E-state index in [1.54, 1.807) is 6.92 Å². The lowest BCUT2D eigenvalue weighted by Gasteiger charge is -2.38. The zero-order valence-corrected chi connectivity index (χ0v) is 8.75. The molecule has 0 radical (unpaired) electrons. The molecule has 1 aliphatic carbocycles. The van der Waals surface area contributed by atoms with Gasteiger partial charge in [0.05, 0.1) is 11.1 Å². The number of amides is 1. The normalized spacial score (nSPS) is 18.3. The Morgan fingerprint density at radius 1 is 1.73 bits per heavy atom. The maximum atomic E-state index is 11.9. The maximum Gasteiger partial charge on any atom is 0.301 e. The van der Waals surface area contributed by atoms with Crippen LogP contribution < -0.4 is 11.1 Å². The molecule has 82 valence electrons. The van der Waals surface area contributed by atoms with Gasteiger partial charge in [0.15, 0.2) is 0 Å². The number of carbonyl (C=O) groups excluding carboxylic acids is 1. The number of aromatic nitrogens is 1. The summed E-state index contributed by atoms with van der Waals surface area (Å²) in [5.74, 6) is -0.0712. The van der Waals surface area contributed by atoms with Crippen LogP contribution in [0.2, 0.25) is 0 Å². The minimum atomic E-state index is -0.387. The van der Waals surface area contributed by atoms with Crippen LogP contribution >= 0.6 is 0 Å². The third kappa shape index (κ3) is 1.74. The molecule has 2 rings (SSSR count). The highest BCUT2D eigenvalue weighted by molar-refractivity contribution is 5.94. The van der Waals surface area contributed by atoms with Gasteiger partial charge in [-0.25, -0.2) is 0 Å². The molecule has 5 heteroatoms. The van der Waals surface area contributed by atoms with Crippen LogP contribution in [0.5, 0.6) is 0 Å². The first kappa shape index (κ1) is 10.2. The van der Waals surface area contributed by atoms with Crippen LogP contribution in [0, 0.1) is 12.3 Å². The Morgan fingerprint density at radius 2 is 2.47 bits per heavy atom. The second-order valence-electron chi connectivity index (χ2n) is 4.09. The minimum Gasteiger partial charge on any atom is -0.432 e. The first-order valence-electron chi connectivity index (χ1n) is 5.10. The molecular formula is C10H15N3O2. The quantitative estimate of drug-likeness (QED) is 0.779. The van der Waals surface area contributed by atoms with Crippen LogP contribution in [0.3, 0.4) is 0 Å². The van der Waals surface area contributed by atoms with Crippen molar-refractivity contribution in [2.75, 3.05) is 11.9 Å². The van der Waals surface area contributed by atoms with Crippen LogP contribution in [0.4, 0.5) is 6.01 Å². The van der Waals surface area contributed by atoms with E-state index in [2.05, 4.69) is 10.3 Å². The van der Waals surface area contributed by atoms with E-state index in [-0.39, 0.29) is 17.3 Å². The fourth-order valence-electron chi connectivity index (χ4n) is 1.77. The SMILES string of the molecule is Cc1coc(NC(=O)C2(CN)CCC2)n1. The third-order valence-electron chi connectivity index (χ3n) is 3.02. The molecule has 1 saturated carbocycles. The van der Waals surface area contributed by atoms with Crippen molar-refractivity contribution < 1.29 is 9.21 Å². The summed E-state index contributed by atoms with van der Waals surface area (Å²) in [4.78, 5) is 15.9. The largest absolute Gasteiger partial charge is 0.432 e. The molecule has 1 fully saturated rings. The van der Waals surface area contributed by atoms with Crippen LogP contribution in [0.1, 0.15) is 25.0 Å². The molecule has 0 aliphatic heterocycles. The first-order chi connectivity index (χ1) is 7.16. The molecule has 0 bridgehead atoms. The van der Waals surface area contributed by atoms with E-state index in [4.69, 9.17) is 10.2 Å². The molecule has 0 aromatic carbocycles. The monoisotopic (exact) mass is 209 g/mol. The zero-order valence-electron chi connectivity index (χ0n) is 8.75. The highest BCUT2D eigenvalue weighted by Crippen LogP contribution is 2.40. The van der Waals surface area contributed by atoms with Gasteiger partial charge in [0.1, 0.15) is 6.26 Å². The van der Waals surface area contributed by atoms with Crippen molar-refractivity contribution in [3.63, 3.8) is 0 Å². The van der Waals surface area contributed by atoms with Gasteiger partial charge >= 0.3 is 6.01 Å². The summed E-state index contributed by atoms with van der Waals surface area (Å²) in [6.07, 6.45) is 4.28. The number of hydrogen-bond acceptors (Lipinski definition) is 4. The summed E-state index contributed by atoms with van der Waals surface area (Å²) in [7, 11) is 0. The van der Waals surface area contributed by atoms with E-state index in [9.17, 15) is 4.79 Å². The van der Waals surface area contributed by atoms with Crippen molar-refractivity contribution in [2.45, 2.75) is 26.2 Å². The number of rotatable bonds is 3. The highest BCUT2D eigenvalue weighted by atomic mass is 16.4. The first-order valence-corrected chi connectivity index (χ1v) is 5.10. The molecule has 15 heavy (non-hydrogen) atoms. The number of nitrogens with one attached hydrogen (secondary N) is 1. The summed E-state index contributed by atoms with van der Waals surface area (Å²) in [6.45, 7) is 2.19. The number of aryl methyl sites for hydroxylation is 1. The Morgan fingerprint density at radius 3 is 2.87 bits per heavy atom. The summed E-state index contributed by atoms with van der Waals surface area (Å²) < 4.78 is 5.06. The van der Waals surface area contributed by atoms with Crippen molar-refractivity contribution in [1.82, 2.24) is 4.98 Å². The summed E-state index contributed by atoms with van der Waals surface area (Å²) >= 11 is 0. The highest BCUT2D eigenvalue weighted by Gasteiger charge is 2.43. The number of hydrogen-bond donors (Lipinski definition) is 2. The van der Waals surface area contributed by atoms with Gasteiger partial charge in [0.25, 0.3) is 0 Å². The smallest absolute Gasteiger partial charge is 0.301 e. The lowest BCUT2D eigenvalue weighted by molar-refractivity contribution is -0.129. The number of oxazole rings is 1. The average molecular weight is 209 g/mol. The van der Waals surface area contributed by atoms with Crippen molar-refractivity contribution in [3.8, 4) is 0 Å². The van der Waals surface area contributed by atoms with Crippen molar-refractivity contribution in [1.29, 1.82) is 0 Å². The van der Waals surface area contributed by atoms with Gasteiger partial charge < -0.3 is 10.2 Å². The minimum absolute atomic E-state index is 0.0712. The molecule has 0 atom stereocenters. The van der Waals surface area contributed by atoms with Crippen molar-refractivity contribution in [2.24, 2.45) is 11.1 Å². The molecular weight excluding hydrogens is 194 g/mol. The van der Waals surface area contributed by atoms with Gasteiger partial charge in [0.2, 0.25) is 5.91 Å². The number of nitrogens with zero attached hydrogens (tertiary/aromatic N) is 1.